The second kappa shape index (κ2) is 11.7. The van der Waals surface area contributed by atoms with Gasteiger partial charge in [-0.15, -0.1) is 0 Å². The third kappa shape index (κ3) is 6.09. The van der Waals surface area contributed by atoms with Gasteiger partial charge < -0.3 is 24.4 Å². The molecule has 0 fully saturated rings. The molecule has 0 aromatic carbocycles. The molecule has 0 aliphatic carbocycles. The molecule has 0 aliphatic rings. The van der Waals surface area contributed by atoms with Crippen LogP contribution in [0.4, 0.5) is 0 Å². The van der Waals surface area contributed by atoms with E-state index in [9.17, 15) is 0 Å². The molecule has 7 heteroatoms. The van der Waals surface area contributed by atoms with Crippen molar-refractivity contribution in [1.82, 2.24) is 0 Å². The van der Waals surface area contributed by atoms with Gasteiger partial charge in [0.25, 0.3) is 0 Å². The average molecular weight is 269 g/mol. The highest BCUT2D eigenvalue weighted by Gasteiger charge is 2.46. The van der Waals surface area contributed by atoms with Crippen LogP contribution in [0.1, 0.15) is 34.1 Å². The van der Waals surface area contributed by atoms with Crippen LogP contribution in [-0.4, -0.2) is 44.7 Å². The molecule has 0 aromatic rings. The Morgan fingerprint density at radius 1 is 0.938 bits per heavy atom. The van der Waals surface area contributed by atoms with E-state index in [1.54, 1.807) is 0 Å². The molecule has 0 rings (SSSR count). The van der Waals surface area contributed by atoms with Crippen molar-refractivity contribution in [2.45, 2.75) is 39.8 Å². The van der Waals surface area contributed by atoms with E-state index in [0.717, 1.165) is 16.8 Å². The van der Waals surface area contributed by atoms with E-state index >= 15 is 0 Å². The molecule has 0 saturated heterocycles. The second-order valence-electron chi connectivity index (χ2n) is 2.92. The Balaban J connectivity index is 0. The second-order valence-corrected chi connectivity index (χ2v) is 5.73. The largest absolute Gasteiger partial charge is 0.518 e. The third-order valence-corrected chi connectivity index (χ3v) is 5.32. The first-order valence-electron chi connectivity index (χ1n) is 5.91. The van der Waals surface area contributed by atoms with Crippen molar-refractivity contribution in [2.24, 2.45) is 11.1 Å². The van der Waals surface area contributed by atoms with Gasteiger partial charge in [0.05, 0.1) is 16.1 Å². The van der Waals surface area contributed by atoms with E-state index in [1.165, 1.54) is 0 Å². The summed E-state index contributed by atoms with van der Waals surface area (Å²) in [5.41, 5.74) is 5.87. The molecule has 1 unspecified atom stereocenters. The van der Waals surface area contributed by atoms with Gasteiger partial charge in [0.1, 0.15) is 0 Å². The van der Waals surface area contributed by atoms with Crippen LogP contribution < -0.4 is 11.1 Å². The fourth-order valence-electron chi connectivity index (χ4n) is 1.30. The Hall–Kier alpha value is 0.234. The lowest BCUT2D eigenvalue weighted by Crippen LogP contribution is -2.60. The highest BCUT2D eigenvalue weighted by atomic mass is 28.4. The van der Waals surface area contributed by atoms with Crippen molar-refractivity contribution in [3.8, 4) is 0 Å². The maximum absolute atomic E-state index is 6.00. The summed E-state index contributed by atoms with van der Waals surface area (Å²) in [5, 5.41) is 4.64. The first-order valence-corrected chi connectivity index (χ1v) is 8.87. The predicted octanol–water partition coefficient (Wildman–Crippen LogP) is -0.463. The zero-order valence-electron chi connectivity index (χ0n) is 11.3. The number of hydrogen-bond acceptors (Lipinski definition) is 5. The molecular weight excluding hydrogens is 240 g/mol. The summed E-state index contributed by atoms with van der Waals surface area (Å²) in [4.78, 5) is 0. The molecule has 4 N–H and O–H groups in total. The van der Waals surface area contributed by atoms with Crippen LogP contribution in [0.3, 0.4) is 0 Å². The maximum Gasteiger partial charge on any atom is 0.518 e. The molecule has 0 saturated carbocycles. The van der Waals surface area contributed by atoms with Crippen LogP contribution in [0.15, 0.2) is 0 Å². The summed E-state index contributed by atoms with van der Waals surface area (Å²) in [6, 6.07) is 0. The summed E-state index contributed by atoms with van der Waals surface area (Å²) in [6.07, 6.45) is 0.812. The molecule has 0 bridgehead atoms. The van der Waals surface area contributed by atoms with E-state index in [2.05, 4.69) is 5.40 Å². The lowest BCUT2D eigenvalue weighted by atomic mass is 10.5. The normalized spacial score (nSPS) is 13.1. The highest BCUT2D eigenvalue weighted by Crippen LogP contribution is 2.15. The van der Waals surface area contributed by atoms with Crippen LogP contribution in [0.25, 0.3) is 0 Å². The Labute approximate surface area is 104 Å². The lowest BCUT2D eigenvalue weighted by molar-refractivity contribution is 0.0618. The van der Waals surface area contributed by atoms with Crippen LogP contribution >= 0.6 is 0 Å². The summed E-state index contributed by atoms with van der Waals surface area (Å²) >= 11 is 0. The summed E-state index contributed by atoms with van der Waals surface area (Å²) < 4.78 is 16.9. The fourth-order valence-corrected chi connectivity index (χ4v) is 3.90. The molecule has 1 atom stereocenters. The minimum Gasteiger partial charge on any atom is -0.373 e. The van der Waals surface area contributed by atoms with E-state index in [0.29, 0.717) is 19.8 Å². The van der Waals surface area contributed by atoms with Gasteiger partial charge in [-0.05, 0) is 27.2 Å². The Morgan fingerprint density at radius 3 is 1.44 bits per heavy atom. The molecular formula is C9H28N2O3Si2. The summed E-state index contributed by atoms with van der Waals surface area (Å²) in [5.74, 6) is 0. The van der Waals surface area contributed by atoms with E-state index in [1.807, 2.05) is 27.7 Å². The molecule has 0 amide bonds. The van der Waals surface area contributed by atoms with Crippen molar-refractivity contribution in [1.29, 1.82) is 0 Å². The predicted molar refractivity (Wildman–Crippen MR) is 73.0 cm³/mol. The Bertz CT molecular complexity index is 136. The Kier molecular flexibility index (Phi) is 13.6. The van der Waals surface area contributed by atoms with E-state index in [-0.39, 0.29) is 5.67 Å². The van der Waals surface area contributed by atoms with Gasteiger partial charge in [-0.2, -0.15) is 0 Å². The Morgan fingerprint density at radius 2 is 1.25 bits per heavy atom. The molecule has 0 radical (unpaired) electrons. The quantitative estimate of drug-likeness (QED) is 0.582. The van der Waals surface area contributed by atoms with Crippen molar-refractivity contribution in [3.63, 3.8) is 0 Å². The SMILES string of the molecule is CCO[Si](OCC)(OCC)C(N)CC.N[SiH3]. The van der Waals surface area contributed by atoms with Gasteiger partial charge in [-0.25, -0.2) is 0 Å². The number of nitrogens with two attached hydrogens (primary N) is 2. The standard InChI is InChI=1S/C9H23NO3Si.H5NSi/c1-5-9(10)14(11-6-2,12-7-3)13-8-4;1-2/h9H,5-8,10H2,1-4H3;1H2,2H3. The van der Waals surface area contributed by atoms with Gasteiger partial charge in [0.2, 0.25) is 0 Å². The summed E-state index contributed by atoms with van der Waals surface area (Å²) in [6.45, 7) is 9.57. The minimum atomic E-state index is -2.62. The van der Waals surface area contributed by atoms with Crippen molar-refractivity contribution < 1.29 is 13.3 Å². The van der Waals surface area contributed by atoms with E-state index < -0.39 is 8.80 Å². The number of hydrogen-bond donors (Lipinski definition) is 2. The van der Waals surface area contributed by atoms with Crippen molar-refractivity contribution >= 4 is 19.2 Å². The van der Waals surface area contributed by atoms with Crippen LogP contribution in [0.2, 0.25) is 0 Å². The van der Waals surface area contributed by atoms with E-state index in [4.69, 9.17) is 19.0 Å². The lowest BCUT2D eigenvalue weighted by Gasteiger charge is -2.32. The average Bonchev–Trinajstić information content (AvgIpc) is 2.31. The smallest absolute Gasteiger partial charge is 0.373 e. The topological polar surface area (TPSA) is 79.7 Å². The molecule has 0 heterocycles. The zero-order chi connectivity index (χ0) is 13.0. The third-order valence-electron chi connectivity index (χ3n) is 1.93. The maximum atomic E-state index is 6.00. The molecule has 5 nitrogen and oxygen atoms in total. The van der Waals surface area contributed by atoms with Crippen LogP contribution in [0.5, 0.6) is 0 Å². The monoisotopic (exact) mass is 268 g/mol. The van der Waals surface area contributed by atoms with Crippen molar-refractivity contribution in [3.05, 3.63) is 0 Å². The summed E-state index contributed by atoms with van der Waals surface area (Å²) in [7, 11) is -1.82. The van der Waals surface area contributed by atoms with Gasteiger partial charge in [0, 0.05) is 19.8 Å². The van der Waals surface area contributed by atoms with Gasteiger partial charge >= 0.3 is 8.80 Å². The fraction of sp³-hybridized carbons (Fsp3) is 1.00. The molecule has 0 aliphatic heterocycles. The van der Waals surface area contributed by atoms with Crippen LogP contribution in [0, 0.1) is 0 Å². The van der Waals surface area contributed by atoms with Gasteiger partial charge in [0.15, 0.2) is 0 Å². The first kappa shape index (κ1) is 18.6. The molecule has 16 heavy (non-hydrogen) atoms. The minimum absolute atomic E-state index is 0.123. The van der Waals surface area contributed by atoms with Crippen molar-refractivity contribution in [2.75, 3.05) is 19.8 Å². The highest BCUT2D eigenvalue weighted by molar-refractivity contribution is 6.62. The zero-order valence-corrected chi connectivity index (χ0v) is 14.3. The van der Waals surface area contributed by atoms with Crippen LogP contribution in [-0.2, 0) is 13.3 Å². The van der Waals surface area contributed by atoms with Gasteiger partial charge in [-0.3, -0.25) is 0 Å². The molecule has 100 valence electrons. The first-order chi connectivity index (χ1) is 7.66. The van der Waals surface area contributed by atoms with Gasteiger partial charge in [-0.1, -0.05) is 6.92 Å². The molecule has 0 aromatic heterocycles. The number of rotatable bonds is 8. The molecule has 0 spiro atoms.